The van der Waals surface area contributed by atoms with Gasteiger partial charge >= 0.3 is 0 Å². The van der Waals surface area contributed by atoms with E-state index in [0.29, 0.717) is 37.1 Å². The van der Waals surface area contributed by atoms with Gasteiger partial charge in [-0.2, -0.15) is 0 Å². The van der Waals surface area contributed by atoms with Gasteiger partial charge in [0.05, 0.1) is 7.11 Å². The lowest BCUT2D eigenvalue weighted by atomic mass is 9.73. The number of benzene rings is 2. The van der Waals surface area contributed by atoms with Crippen molar-refractivity contribution in [3.05, 3.63) is 60.2 Å². The largest absolute Gasteiger partial charge is 0.497 e. The highest BCUT2D eigenvalue weighted by Gasteiger charge is 2.47. The van der Waals surface area contributed by atoms with Crippen LogP contribution in [0.4, 0.5) is 5.69 Å². The number of methoxy groups -OCH3 is 1. The molecule has 1 aliphatic heterocycles. The van der Waals surface area contributed by atoms with Crippen molar-refractivity contribution >= 4 is 23.5 Å². The van der Waals surface area contributed by atoms with Gasteiger partial charge in [0.1, 0.15) is 11.3 Å². The normalized spacial score (nSPS) is 24.2. The number of nitrogens with one attached hydrogen (secondary N) is 1. The number of carbonyl (C=O) groups excluding carboxylic acids is 2. The van der Waals surface area contributed by atoms with Crippen molar-refractivity contribution in [1.29, 1.82) is 0 Å². The van der Waals surface area contributed by atoms with Gasteiger partial charge in [-0.25, -0.2) is 4.99 Å². The fraction of sp³-hybridized carbons (Fsp3) is 0.464. The van der Waals surface area contributed by atoms with Crippen LogP contribution in [-0.2, 0) is 16.0 Å². The first-order valence-electron chi connectivity index (χ1n) is 12.5. The quantitative estimate of drug-likeness (QED) is 0.561. The third-order valence-corrected chi connectivity index (χ3v) is 7.41. The average Bonchev–Trinajstić information content (AvgIpc) is 3.07. The summed E-state index contributed by atoms with van der Waals surface area (Å²) in [4.78, 5) is 32.2. The number of ether oxygens (including phenoxy) is 1. The van der Waals surface area contributed by atoms with Crippen molar-refractivity contribution in [2.24, 2.45) is 22.6 Å². The van der Waals surface area contributed by atoms with Gasteiger partial charge in [0.25, 0.3) is 5.91 Å². The van der Waals surface area contributed by atoms with E-state index in [1.54, 1.807) is 14.2 Å². The summed E-state index contributed by atoms with van der Waals surface area (Å²) in [5.74, 6) is 1.71. The number of likely N-dealkylation sites (N-methyl/N-ethyl adjacent to an activating group) is 1. The van der Waals surface area contributed by atoms with Crippen LogP contribution in [0.1, 0.15) is 50.5 Å². The van der Waals surface area contributed by atoms with Crippen LogP contribution >= 0.6 is 0 Å². The molecule has 2 aromatic rings. The summed E-state index contributed by atoms with van der Waals surface area (Å²) in [7, 11) is 3.33. The molecule has 0 unspecified atom stereocenters. The lowest BCUT2D eigenvalue weighted by Crippen LogP contribution is -2.44. The highest BCUT2D eigenvalue weighted by atomic mass is 16.5. The number of amides is 2. The monoisotopic (exact) mass is 476 g/mol. The molecule has 3 N–H and O–H groups in total. The highest BCUT2D eigenvalue weighted by Crippen LogP contribution is 2.40. The molecule has 1 saturated carbocycles. The van der Waals surface area contributed by atoms with E-state index in [-0.39, 0.29) is 11.8 Å². The molecule has 3 atom stereocenters. The van der Waals surface area contributed by atoms with Crippen molar-refractivity contribution < 1.29 is 14.3 Å². The fourth-order valence-electron chi connectivity index (χ4n) is 5.55. The predicted octanol–water partition coefficient (Wildman–Crippen LogP) is 4.38. The van der Waals surface area contributed by atoms with Crippen molar-refractivity contribution in [3.63, 3.8) is 0 Å². The average molecular weight is 477 g/mol. The molecule has 4 rings (SSSR count). The zero-order valence-corrected chi connectivity index (χ0v) is 20.7. The Labute approximate surface area is 207 Å². The second kappa shape index (κ2) is 10.9. The molecule has 0 radical (unpaired) electrons. The number of aliphatic imine (C=N–C) groups is 1. The van der Waals surface area contributed by atoms with Crippen LogP contribution in [0.25, 0.3) is 0 Å². The summed E-state index contributed by atoms with van der Waals surface area (Å²) in [6.45, 7) is 0. The molecule has 1 heterocycles. The molecule has 7 nitrogen and oxygen atoms in total. The van der Waals surface area contributed by atoms with Gasteiger partial charge in [0, 0.05) is 19.2 Å². The molecule has 1 fully saturated rings. The minimum absolute atomic E-state index is 0.00898. The van der Waals surface area contributed by atoms with Gasteiger partial charge in [0.2, 0.25) is 5.91 Å². The second-order valence-corrected chi connectivity index (χ2v) is 9.93. The molecule has 0 bridgehead atoms. The number of hydrogen-bond donors (Lipinski definition) is 2. The van der Waals surface area contributed by atoms with Crippen molar-refractivity contribution in [2.75, 3.05) is 19.5 Å². The lowest BCUT2D eigenvalue weighted by Gasteiger charge is -2.34. The zero-order chi connectivity index (χ0) is 24.8. The van der Waals surface area contributed by atoms with Crippen LogP contribution < -0.4 is 15.8 Å². The molecule has 2 aromatic carbocycles. The Morgan fingerprint density at radius 2 is 1.86 bits per heavy atom. The molecule has 1 aliphatic carbocycles. The third kappa shape index (κ3) is 6.02. The number of carbonyl (C=O) groups is 2. The predicted molar refractivity (Wildman–Crippen MR) is 138 cm³/mol. The minimum Gasteiger partial charge on any atom is -0.497 e. The molecule has 0 spiro atoms. The van der Waals surface area contributed by atoms with E-state index in [9.17, 15) is 9.59 Å². The number of nitrogens with two attached hydrogens (primary N) is 1. The lowest BCUT2D eigenvalue weighted by molar-refractivity contribution is -0.131. The van der Waals surface area contributed by atoms with Crippen LogP contribution in [-0.4, -0.2) is 42.4 Å². The summed E-state index contributed by atoms with van der Waals surface area (Å²) in [6.07, 6.45) is 6.65. The van der Waals surface area contributed by atoms with Gasteiger partial charge in [-0.3, -0.25) is 14.5 Å². The molecule has 0 saturated heterocycles. The summed E-state index contributed by atoms with van der Waals surface area (Å²) >= 11 is 0. The molecular weight excluding hydrogens is 440 g/mol. The molecule has 35 heavy (non-hydrogen) atoms. The number of aryl methyl sites for hydroxylation is 1. The maximum Gasteiger partial charge on any atom is 0.257 e. The van der Waals surface area contributed by atoms with Crippen LogP contribution in [0.2, 0.25) is 0 Å². The second-order valence-electron chi connectivity index (χ2n) is 9.93. The number of hydrogen-bond acceptors (Lipinski definition) is 5. The maximum absolute atomic E-state index is 13.3. The van der Waals surface area contributed by atoms with Crippen LogP contribution in [0.5, 0.6) is 5.75 Å². The Balaban J connectivity index is 1.38. The fourth-order valence-corrected chi connectivity index (χ4v) is 5.55. The Bertz CT molecular complexity index is 1050. The Hall–Kier alpha value is -3.35. The van der Waals surface area contributed by atoms with E-state index < -0.39 is 5.54 Å². The van der Waals surface area contributed by atoms with Crippen LogP contribution in [0, 0.1) is 11.8 Å². The molecule has 7 heteroatoms. The van der Waals surface area contributed by atoms with E-state index in [1.165, 1.54) is 10.5 Å². The first-order valence-corrected chi connectivity index (χ1v) is 12.5. The topological polar surface area (TPSA) is 97.0 Å². The SMILES string of the molecule is COc1ccc(NC(=O)C[C@@H]2CCC[C@H](C[C@@]3(CCc4ccccc4)N=C(N)N(C)C3=O)C2)cc1. The number of anilines is 1. The van der Waals surface area contributed by atoms with Crippen LogP contribution in [0.3, 0.4) is 0 Å². The Kier molecular flexibility index (Phi) is 7.73. The molecule has 186 valence electrons. The van der Waals surface area contributed by atoms with Crippen molar-refractivity contribution in [3.8, 4) is 5.75 Å². The Morgan fingerprint density at radius 3 is 2.51 bits per heavy atom. The smallest absolute Gasteiger partial charge is 0.257 e. The van der Waals surface area contributed by atoms with E-state index >= 15 is 0 Å². The van der Waals surface area contributed by atoms with E-state index in [2.05, 4.69) is 17.4 Å². The summed E-state index contributed by atoms with van der Waals surface area (Å²) in [6, 6.07) is 17.6. The summed E-state index contributed by atoms with van der Waals surface area (Å²) in [5.41, 5.74) is 7.25. The summed E-state index contributed by atoms with van der Waals surface area (Å²) in [5, 5.41) is 3.00. The minimum atomic E-state index is -0.813. The number of nitrogens with zero attached hydrogens (tertiary/aromatic N) is 2. The first kappa shape index (κ1) is 24.8. The number of guanidine groups is 1. The number of rotatable bonds is 9. The van der Waals surface area contributed by atoms with Gasteiger partial charge in [-0.05, 0) is 73.8 Å². The zero-order valence-electron chi connectivity index (χ0n) is 20.7. The van der Waals surface area contributed by atoms with Gasteiger partial charge in [-0.15, -0.1) is 0 Å². The third-order valence-electron chi connectivity index (χ3n) is 7.41. The van der Waals surface area contributed by atoms with Crippen LogP contribution in [0.15, 0.2) is 59.6 Å². The first-order chi connectivity index (χ1) is 16.9. The molecule has 0 aromatic heterocycles. The molecular formula is C28H36N4O3. The van der Waals surface area contributed by atoms with Gasteiger partial charge < -0.3 is 15.8 Å². The van der Waals surface area contributed by atoms with Gasteiger partial charge in [0.15, 0.2) is 5.96 Å². The van der Waals surface area contributed by atoms with Crippen molar-refractivity contribution in [2.45, 2.75) is 56.9 Å². The standard InChI is InChI=1S/C28H36N4O3/c1-32-26(34)28(31-27(32)29,16-15-20-7-4-3-5-8-20)19-22-10-6-9-21(17-22)18-25(33)30-23-11-13-24(35-2)14-12-23/h3-5,7-8,11-14,21-22H,6,9-10,15-19H2,1-2H3,(H2,29,31)(H,30,33)/t21-,22+,28-/m1/s1. The Morgan fingerprint density at radius 1 is 1.14 bits per heavy atom. The van der Waals surface area contributed by atoms with Crippen molar-refractivity contribution in [1.82, 2.24) is 4.90 Å². The highest BCUT2D eigenvalue weighted by molar-refractivity contribution is 6.06. The molecule has 2 amide bonds. The molecule has 2 aliphatic rings. The van der Waals surface area contributed by atoms with E-state index in [0.717, 1.165) is 43.5 Å². The maximum atomic E-state index is 13.3. The van der Waals surface area contributed by atoms with Gasteiger partial charge in [-0.1, -0.05) is 43.2 Å². The van der Waals surface area contributed by atoms with E-state index in [1.807, 2.05) is 42.5 Å². The van der Waals surface area contributed by atoms with E-state index in [4.69, 9.17) is 15.5 Å². The summed E-state index contributed by atoms with van der Waals surface area (Å²) < 4.78 is 5.18.